The summed E-state index contributed by atoms with van der Waals surface area (Å²) in [6, 6.07) is 5.85. The van der Waals surface area contributed by atoms with Gasteiger partial charge in [-0.05, 0) is 44.4 Å². The van der Waals surface area contributed by atoms with Gasteiger partial charge < -0.3 is 15.4 Å². The Kier molecular flexibility index (Phi) is 6.08. The first kappa shape index (κ1) is 20.0. The first-order valence-corrected chi connectivity index (χ1v) is 9.33. The maximum Gasteiger partial charge on any atom is 0.241 e. The van der Waals surface area contributed by atoms with E-state index in [1.165, 1.54) is 23.0 Å². The molecule has 28 heavy (non-hydrogen) atoms. The zero-order chi connectivity index (χ0) is 20.1. The molecule has 0 aliphatic carbocycles. The molecule has 0 unspecified atom stereocenters. The predicted octanol–water partition coefficient (Wildman–Crippen LogP) is 2.23. The van der Waals surface area contributed by atoms with E-state index in [4.69, 9.17) is 4.74 Å². The van der Waals surface area contributed by atoms with Crippen LogP contribution in [0.5, 0.6) is 0 Å². The van der Waals surface area contributed by atoms with Gasteiger partial charge in [0.2, 0.25) is 11.8 Å². The Bertz CT molecular complexity index is 826. The van der Waals surface area contributed by atoms with Crippen LogP contribution < -0.4 is 10.6 Å². The fourth-order valence-electron chi connectivity index (χ4n) is 3.04. The van der Waals surface area contributed by atoms with Gasteiger partial charge in [-0.2, -0.15) is 5.10 Å². The predicted molar refractivity (Wildman–Crippen MR) is 102 cm³/mol. The molecule has 150 valence electrons. The van der Waals surface area contributed by atoms with Gasteiger partial charge in [0.25, 0.3) is 0 Å². The first-order chi connectivity index (χ1) is 13.3. The number of carbonyl (C=O) groups excluding carboxylic acids is 2. The second-order valence-corrected chi connectivity index (χ2v) is 7.45. The standard InChI is InChI=1S/C20H25FN4O3/c1-20(2,14-5-7-15(21)8-6-14)19(27)24-16-10-23-25(12-16)13-18(26)22-11-17-4-3-9-28-17/h5-8,10,12,17H,3-4,9,11,13H2,1-2H3,(H,22,26)(H,24,27)/t17-/m0/s1. The number of carbonyl (C=O) groups is 2. The Balaban J connectivity index is 1.53. The summed E-state index contributed by atoms with van der Waals surface area (Å²) >= 11 is 0. The lowest BCUT2D eigenvalue weighted by Gasteiger charge is -2.23. The molecule has 2 amide bonds. The Hall–Kier alpha value is -2.74. The second-order valence-electron chi connectivity index (χ2n) is 7.45. The molecule has 1 aromatic heterocycles. The van der Waals surface area contributed by atoms with Crippen LogP contribution in [0.4, 0.5) is 10.1 Å². The Labute approximate surface area is 163 Å². The molecule has 8 heteroatoms. The topological polar surface area (TPSA) is 85.2 Å². The molecule has 1 fully saturated rings. The van der Waals surface area contributed by atoms with Crippen molar-refractivity contribution in [2.24, 2.45) is 0 Å². The van der Waals surface area contributed by atoms with E-state index in [0.717, 1.165) is 19.4 Å². The van der Waals surface area contributed by atoms with E-state index in [0.29, 0.717) is 17.8 Å². The minimum atomic E-state index is -0.853. The molecule has 2 aromatic rings. The van der Waals surface area contributed by atoms with E-state index in [9.17, 15) is 14.0 Å². The summed E-state index contributed by atoms with van der Waals surface area (Å²) in [4.78, 5) is 24.7. The number of halogens is 1. The van der Waals surface area contributed by atoms with Crippen molar-refractivity contribution < 1.29 is 18.7 Å². The van der Waals surface area contributed by atoms with Crippen LogP contribution in [0.3, 0.4) is 0 Å². The zero-order valence-electron chi connectivity index (χ0n) is 16.1. The molecule has 7 nitrogen and oxygen atoms in total. The number of anilines is 1. The fraction of sp³-hybridized carbons (Fsp3) is 0.450. The van der Waals surface area contributed by atoms with Crippen molar-refractivity contribution in [3.8, 4) is 0 Å². The van der Waals surface area contributed by atoms with Gasteiger partial charge >= 0.3 is 0 Å². The summed E-state index contributed by atoms with van der Waals surface area (Å²) in [5.74, 6) is -0.761. The zero-order valence-corrected chi connectivity index (χ0v) is 16.1. The van der Waals surface area contributed by atoms with Crippen molar-refractivity contribution in [1.29, 1.82) is 0 Å². The van der Waals surface area contributed by atoms with Crippen LogP contribution in [0.1, 0.15) is 32.3 Å². The summed E-state index contributed by atoms with van der Waals surface area (Å²) in [6.07, 6.45) is 5.17. The van der Waals surface area contributed by atoms with E-state index in [1.54, 1.807) is 32.2 Å². The number of nitrogens with zero attached hydrogens (tertiary/aromatic N) is 2. The van der Waals surface area contributed by atoms with Gasteiger partial charge in [-0.1, -0.05) is 12.1 Å². The molecule has 0 radical (unpaired) electrons. The van der Waals surface area contributed by atoms with Crippen molar-refractivity contribution in [3.05, 3.63) is 48.0 Å². The normalized spacial score (nSPS) is 16.8. The number of hydrogen-bond acceptors (Lipinski definition) is 4. The Morgan fingerprint density at radius 3 is 2.75 bits per heavy atom. The van der Waals surface area contributed by atoms with E-state index in [-0.39, 0.29) is 30.3 Å². The summed E-state index contributed by atoms with van der Waals surface area (Å²) in [5, 5.41) is 9.74. The van der Waals surface area contributed by atoms with E-state index in [2.05, 4.69) is 15.7 Å². The molecule has 0 spiro atoms. The van der Waals surface area contributed by atoms with E-state index >= 15 is 0 Å². The van der Waals surface area contributed by atoms with Gasteiger partial charge in [-0.25, -0.2) is 4.39 Å². The lowest BCUT2D eigenvalue weighted by atomic mass is 9.83. The SMILES string of the molecule is CC(C)(C(=O)Nc1cnn(CC(=O)NC[C@@H]2CCCO2)c1)c1ccc(F)cc1. The van der Waals surface area contributed by atoms with Crippen LogP contribution in [0.15, 0.2) is 36.7 Å². The average Bonchev–Trinajstić information content (AvgIpc) is 3.32. The number of benzene rings is 1. The minimum absolute atomic E-state index is 0.0595. The largest absolute Gasteiger partial charge is 0.376 e. The lowest BCUT2D eigenvalue weighted by Crippen LogP contribution is -2.34. The van der Waals surface area contributed by atoms with Gasteiger partial charge in [0, 0.05) is 19.3 Å². The van der Waals surface area contributed by atoms with Crippen molar-refractivity contribution in [1.82, 2.24) is 15.1 Å². The highest BCUT2D eigenvalue weighted by Crippen LogP contribution is 2.25. The third kappa shape index (κ3) is 4.95. The number of amides is 2. The third-order valence-electron chi connectivity index (χ3n) is 4.88. The van der Waals surface area contributed by atoms with Gasteiger partial charge in [0.05, 0.1) is 23.4 Å². The molecule has 0 bridgehead atoms. The molecule has 2 heterocycles. The maximum atomic E-state index is 13.1. The Morgan fingerprint density at radius 1 is 1.32 bits per heavy atom. The molecule has 1 saturated heterocycles. The quantitative estimate of drug-likeness (QED) is 0.762. The van der Waals surface area contributed by atoms with Gasteiger partial charge in [0.1, 0.15) is 12.4 Å². The molecule has 1 aromatic carbocycles. The van der Waals surface area contributed by atoms with Crippen LogP contribution in [-0.2, 0) is 26.3 Å². The van der Waals surface area contributed by atoms with Crippen LogP contribution in [-0.4, -0.2) is 40.9 Å². The molecule has 2 N–H and O–H groups in total. The van der Waals surface area contributed by atoms with Gasteiger partial charge in [0.15, 0.2) is 0 Å². The first-order valence-electron chi connectivity index (χ1n) is 9.33. The highest BCUT2D eigenvalue weighted by molar-refractivity contribution is 5.98. The maximum absolute atomic E-state index is 13.1. The molecule has 0 saturated carbocycles. The summed E-state index contributed by atoms with van der Waals surface area (Å²) in [5.41, 5.74) is 0.341. The van der Waals surface area contributed by atoms with Crippen molar-refractivity contribution in [2.75, 3.05) is 18.5 Å². The summed E-state index contributed by atoms with van der Waals surface area (Å²) < 4.78 is 20.1. The lowest BCUT2D eigenvalue weighted by molar-refractivity contribution is -0.122. The molecule has 1 atom stereocenters. The van der Waals surface area contributed by atoms with Crippen molar-refractivity contribution in [2.45, 2.75) is 44.8 Å². The van der Waals surface area contributed by atoms with Crippen LogP contribution in [0, 0.1) is 5.82 Å². The summed E-state index contributed by atoms with van der Waals surface area (Å²) in [7, 11) is 0. The monoisotopic (exact) mass is 388 g/mol. The third-order valence-corrected chi connectivity index (χ3v) is 4.88. The highest BCUT2D eigenvalue weighted by atomic mass is 19.1. The number of aromatic nitrogens is 2. The molecule has 1 aliphatic heterocycles. The Morgan fingerprint density at radius 2 is 2.07 bits per heavy atom. The average molecular weight is 388 g/mol. The highest BCUT2D eigenvalue weighted by Gasteiger charge is 2.30. The van der Waals surface area contributed by atoms with Crippen LogP contribution >= 0.6 is 0 Å². The van der Waals surface area contributed by atoms with Gasteiger partial charge in [-0.3, -0.25) is 14.3 Å². The van der Waals surface area contributed by atoms with E-state index < -0.39 is 5.41 Å². The fourth-order valence-corrected chi connectivity index (χ4v) is 3.04. The molecular weight excluding hydrogens is 363 g/mol. The summed E-state index contributed by atoms with van der Waals surface area (Å²) in [6.45, 7) is 4.83. The molecular formula is C20H25FN4O3. The van der Waals surface area contributed by atoms with Crippen LogP contribution in [0.25, 0.3) is 0 Å². The number of rotatable bonds is 7. The van der Waals surface area contributed by atoms with Gasteiger partial charge in [-0.15, -0.1) is 0 Å². The number of nitrogens with one attached hydrogen (secondary N) is 2. The van der Waals surface area contributed by atoms with Crippen molar-refractivity contribution >= 4 is 17.5 Å². The number of ether oxygens (including phenoxy) is 1. The smallest absolute Gasteiger partial charge is 0.241 e. The molecule has 3 rings (SSSR count). The van der Waals surface area contributed by atoms with E-state index in [1.807, 2.05) is 0 Å². The minimum Gasteiger partial charge on any atom is -0.376 e. The molecule has 1 aliphatic rings. The van der Waals surface area contributed by atoms with Crippen LogP contribution in [0.2, 0.25) is 0 Å². The van der Waals surface area contributed by atoms with Crippen molar-refractivity contribution in [3.63, 3.8) is 0 Å². The second kappa shape index (κ2) is 8.52. The number of hydrogen-bond donors (Lipinski definition) is 2.